The molecule has 0 unspecified atom stereocenters. The summed E-state index contributed by atoms with van der Waals surface area (Å²) in [6.07, 6.45) is 3.65. The van der Waals surface area contributed by atoms with E-state index in [0.29, 0.717) is 11.5 Å². The molecule has 7 rings (SSSR count). The van der Waals surface area contributed by atoms with Gasteiger partial charge in [0.1, 0.15) is 5.82 Å². The molecule has 0 fully saturated rings. The molecule has 244 valence electrons. The quantitative estimate of drug-likeness (QED) is 0.151. The van der Waals surface area contributed by atoms with Crippen LogP contribution in [0.25, 0.3) is 44.4 Å². The van der Waals surface area contributed by atoms with Crippen LogP contribution in [0.2, 0.25) is 0 Å². The fraction of sp³-hybridized carbons (Fsp3) is 0.238. The molecule has 0 aliphatic rings. The minimum absolute atomic E-state index is 0. The van der Waals surface area contributed by atoms with Crippen molar-refractivity contribution in [2.75, 3.05) is 0 Å². The first-order valence-corrected chi connectivity index (χ1v) is 16.1. The maximum atomic E-state index is 8.02. The van der Waals surface area contributed by atoms with Gasteiger partial charge in [-0.2, -0.15) is 16.7 Å². The zero-order chi connectivity index (χ0) is 35.4. The van der Waals surface area contributed by atoms with Crippen LogP contribution in [0.3, 0.4) is 0 Å². The first-order chi connectivity index (χ1) is 23.7. The van der Waals surface area contributed by atoms with Gasteiger partial charge in [-0.25, -0.2) is 4.98 Å². The predicted molar refractivity (Wildman–Crippen MR) is 192 cm³/mol. The summed E-state index contributed by atoms with van der Waals surface area (Å²) in [5.74, 6) is 1.80. The maximum Gasteiger partial charge on any atom is 2.00 e. The number of aryl methyl sites for hydroxylation is 4. The van der Waals surface area contributed by atoms with Crippen molar-refractivity contribution in [1.29, 1.82) is 0 Å². The molecule has 4 aromatic carbocycles. The molecule has 0 atom stereocenters. The van der Waals surface area contributed by atoms with Crippen LogP contribution in [0.1, 0.15) is 59.4 Å². The van der Waals surface area contributed by atoms with Crippen LogP contribution in [-0.4, -0.2) is 19.3 Å². The van der Waals surface area contributed by atoms with E-state index in [4.69, 9.17) is 13.9 Å². The minimum Gasteiger partial charge on any atom is -0.509 e. The summed E-state index contributed by atoms with van der Waals surface area (Å²) in [5, 5.41) is 6.65. The average molecular weight is 815 g/mol. The number of fused-ring (bicyclic) bond motifs is 3. The minimum atomic E-state index is -2.23. The summed E-state index contributed by atoms with van der Waals surface area (Å²) >= 11 is 0. The van der Waals surface area contributed by atoms with Crippen molar-refractivity contribution in [3.05, 3.63) is 131 Å². The van der Waals surface area contributed by atoms with E-state index >= 15 is 0 Å². The molecule has 7 aromatic rings. The molecule has 5 nitrogen and oxygen atoms in total. The van der Waals surface area contributed by atoms with Crippen LogP contribution in [0.15, 0.2) is 91.1 Å². The third-order valence-electron chi connectivity index (χ3n) is 8.63. The van der Waals surface area contributed by atoms with E-state index in [1.807, 2.05) is 71.6 Å². The fourth-order valence-corrected chi connectivity index (χ4v) is 6.30. The summed E-state index contributed by atoms with van der Waals surface area (Å²) in [5.41, 5.74) is 9.26. The Balaban J connectivity index is 0.00000448. The molecule has 0 N–H and O–H groups in total. The number of aromatic nitrogens is 4. The van der Waals surface area contributed by atoms with E-state index in [1.54, 1.807) is 18.3 Å². The van der Waals surface area contributed by atoms with E-state index in [-0.39, 0.29) is 32.0 Å². The van der Waals surface area contributed by atoms with Crippen molar-refractivity contribution in [2.45, 2.75) is 61.2 Å². The van der Waals surface area contributed by atoms with E-state index < -0.39 is 6.85 Å². The Bertz CT molecular complexity index is 2370. The van der Waals surface area contributed by atoms with Gasteiger partial charge < -0.3 is 9.30 Å². The molecule has 0 aliphatic heterocycles. The number of hydrogen-bond acceptors (Lipinski definition) is 3. The van der Waals surface area contributed by atoms with Gasteiger partial charge in [0, 0.05) is 38.6 Å². The topological polar surface area (TPSA) is 44.9 Å². The smallest absolute Gasteiger partial charge is 0.509 e. The zero-order valence-corrected chi connectivity index (χ0v) is 30.4. The van der Waals surface area contributed by atoms with Gasteiger partial charge in [0.25, 0.3) is 0 Å². The molecule has 48 heavy (non-hydrogen) atoms. The van der Waals surface area contributed by atoms with Gasteiger partial charge in [-0.3, -0.25) is 4.68 Å². The third kappa shape index (κ3) is 6.62. The Morgan fingerprint density at radius 2 is 1.65 bits per heavy atom. The number of hydrogen-bond donors (Lipinski definition) is 0. The molecule has 0 saturated carbocycles. The standard InChI is InChI=1S/C42H40N4O.Pt/c1-27-13-16-38-37(21-27)36-15-14-34(26-39(36)45(38)40-22-28(2)18-20-43-40)47-35-24-31(17-19-42(5,6)7)23-33(25-35)46-30(4)41(29(3)44-46)32-11-9-8-10-12-32;/h8-16,18,20-24H,17,19H2,1-7H3;/q-2;+2/i1D3;. The van der Waals surface area contributed by atoms with E-state index in [0.717, 1.165) is 79.8 Å². The average Bonchev–Trinajstić information content (AvgIpc) is 3.55. The van der Waals surface area contributed by atoms with Gasteiger partial charge in [-0.15, -0.1) is 35.7 Å². The van der Waals surface area contributed by atoms with Crippen LogP contribution in [-0.2, 0) is 27.5 Å². The van der Waals surface area contributed by atoms with Crippen molar-refractivity contribution >= 4 is 21.8 Å². The van der Waals surface area contributed by atoms with E-state index in [1.165, 1.54) is 0 Å². The monoisotopic (exact) mass is 814 g/mol. The summed E-state index contributed by atoms with van der Waals surface area (Å²) in [6, 6.07) is 34.6. The molecular formula is C42H40N4OPt. The predicted octanol–water partition coefficient (Wildman–Crippen LogP) is 10.6. The van der Waals surface area contributed by atoms with Crippen LogP contribution in [0.5, 0.6) is 11.5 Å². The normalized spacial score (nSPS) is 12.8. The molecule has 6 heteroatoms. The summed E-state index contributed by atoms with van der Waals surface area (Å²) in [4.78, 5) is 4.68. The molecule has 3 aromatic heterocycles. The van der Waals surface area contributed by atoms with Crippen LogP contribution >= 0.6 is 0 Å². The van der Waals surface area contributed by atoms with Gasteiger partial charge in [-0.05, 0) is 86.3 Å². The second kappa shape index (κ2) is 13.2. The fourth-order valence-electron chi connectivity index (χ4n) is 6.30. The maximum absolute atomic E-state index is 8.02. The van der Waals surface area contributed by atoms with Gasteiger partial charge >= 0.3 is 21.1 Å². The third-order valence-corrected chi connectivity index (χ3v) is 8.63. The second-order valence-corrected chi connectivity index (χ2v) is 13.6. The molecule has 0 radical (unpaired) electrons. The van der Waals surface area contributed by atoms with E-state index in [2.05, 4.69) is 69.1 Å². The largest absolute Gasteiger partial charge is 2.00 e. The van der Waals surface area contributed by atoms with Gasteiger partial charge in [0.05, 0.1) is 5.69 Å². The zero-order valence-electron chi connectivity index (χ0n) is 31.1. The first kappa shape index (κ1) is 29.7. The Hall–Kier alpha value is -4.47. The molecule has 0 spiro atoms. The van der Waals surface area contributed by atoms with E-state index in [9.17, 15) is 0 Å². The Morgan fingerprint density at radius 3 is 2.40 bits per heavy atom. The first-order valence-electron chi connectivity index (χ1n) is 17.6. The molecule has 3 heterocycles. The number of ether oxygens (including phenoxy) is 1. The second-order valence-electron chi connectivity index (χ2n) is 13.6. The summed E-state index contributed by atoms with van der Waals surface area (Å²) in [7, 11) is 0. The Kier molecular flexibility index (Phi) is 8.16. The Labute approximate surface area is 302 Å². The van der Waals surface area contributed by atoms with Gasteiger partial charge in [0.15, 0.2) is 0 Å². The SMILES string of the molecule is [2H]C([2H])([2H])c1ccc2c(c1)c1ccc(Oc3[c-]c(-n4nc(C)c(-c5ccccc5)c4C)cc(CCC(C)(C)C)c3)[c-]c1n2-c1cc(C)ccn1.[Pt+2]. The van der Waals surface area contributed by atoms with Crippen molar-refractivity contribution in [1.82, 2.24) is 19.3 Å². The van der Waals surface area contributed by atoms with Crippen LogP contribution < -0.4 is 4.74 Å². The van der Waals surface area contributed by atoms with Crippen molar-refractivity contribution in [3.8, 4) is 34.1 Å². The van der Waals surface area contributed by atoms with Crippen LogP contribution in [0.4, 0.5) is 0 Å². The number of nitrogens with zero attached hydrogens (tertiary/aromatic N) is 4. The van der Waals surface area contributed by atoms with Crippen LogP contribution in [0, 0.1) is 45.2 Å². The number of rotatable bonds is 7. The van der Waals surface area contributed by atoms with Crippen molar-refractivity contribution < 1.29 is 29.9 Å². The van der Waals surface area contributed by atoms with Gasteiger partial charge in [0.2, 0.25) is 0 Å². The molecular weight excluding hydrogens is 772 g/mol. The summed E-state index contributed by atoms with van der Waals surface area (Å²) in [6.45, 7) is 10.7. The van der Waals surface area contributed by atoms with Gasteiger partial charge in [-0.1, -0.05) is 74.3 Å². The number of benzene rings is 4. The molecule has 0 bridgehead atoms. The number of pyridine rings is 1. The van der Waals surface area contributed by atoms with Crippen molar-refractivity contribution in [3.63, 3.8) is 0 Å². The Morgan fingerprint density at radius 1 is 0.833 bits per heavy atom. The summed E-state index contributed by atoms with van der Waals surface area (Å²) < 4.78 is 34.6. The molecule has 0 aliphatic carbocycles. The molecule has 0 saturated heterocycles. The molecule has 0 amide bonds. The van der Waals surface area contributed by atoms with Crippen molar-refractivity contribution in [2.24, 2.45) is 5.41 Å².